The fourth-order valence-electron chi connectivity index (χ4n) is 1.19. The van der Waals surface area contributed by atoms with Crippen molar-refractivity contribution >= 4 is 11.9 Å². The van der Waals surface area contributed by atoms with E-state index in [1.807, 2.05) is 0 Å². The van der Waals surface area contributed by atoms with Crippen LogP contribution in [0.25, 0.3) is 0 Å². The largest absolute Gasteiger partial charge is 0.480 e. The number of aromatic nitrogens is 1. The molecule has 1 aromatic heterocycles. The molecule has 98 valence electrons. The van der Waals surface area contributed by atoms with E-state index in [0.717, 1.165) is 0 Å². The van der Waals surface area contributed by atoms with E-state index in [-0.39, 0.29) is 18.1 Å². The normalized spacial score (nSPS) is 12.3. The van der Waals surface area contributed by atoms with E-state index < -0.39 is 17.9 Å². The van der Waals surface area contributed by atoms with Crippen LogP contribution in [0.4, 0.5) is 0 Å². The Balaban J connectivity index is 2.68. The summed E-state index contributed by atoms with van der Waals surface area (Å²) in [6, 6.07) is 0.272. The fourth-order valence-corrected chi connectivity index (χ4v) is 1.19. The Morgan fingerprint density at radius 2 is 2.39 bits per heavy atom. The van der Waals surface area contributed by atoms with Crippen molar-refractivity contribution in [1.82, 2.24) is 10.5 Å². The van der Waals surface area contributed by atoms with Crippen molar-refractivity contribution in [2.24, 2.45) is 0 Å². The van der Waals surface area contributed by atoms with Crippen LogP contribution in [-0.4, -0.2) is 35.3 Å². The lowest BCUT2D eigenvalue weighted by molar-refractivity contribution is -0.139. The maximum absolute atomic E-state index is 11.7. The van der Waals surface area contributed by atoms with Gasteiger partial charge >= 0.3 is 5.97 Å². The van der Waals surface area contributed by atoms with E-state index >= 15 is 0 Å². The van der Waals surface area contributed by atoms with Gasteiger partial charge in [0.05, 0.1) is 13.2 Å². The van der Waals surface area contributed by atoms with Gasteiger partial charge < -0.3 is 19.7 Å². The Labute approximate surface area is 103 Å². The summed E-state index contributed by atoms with van der Waals surface area (Å²) in [7, 11) is 1.38. The molecule has 1 heterocycles. The van der Waals surface area contributed by atoms with E-state index in [4.69, 9.17) is 14.4 Å². The summed E-state index contributed by atoms with van der Waals surface area (Å²) in [4.78, 5) is 22.6. The van der Waals surface area contributed by atoms with Gasteiger partial charge in [-0.05, 0) is 18.5 Å². The molecule has 0 fully saturated rings. The van der Waals surface area contributed by atoms with Gasteiger partial charge in [-0.2, -0.15) is 0 Å². The molecule has 0 saturated carbocycles. The van der Waals surface area contributed by atoms with Crippen molar-refractivity contribution in [3.05, 3.63) is 24.0 Å². The Bertz CT molecular complexity index is 452. The van der Waals surface area contributed by atoms with Crippen LogP contribution < -0.4 is 10.1 Å². The van der Waals surface area contributed by atoms with E-state index in [1.54, 1.807) is 19.1 Å². The standard InChI is InChI=1S/C11H14N2O5/c1-3-4-5-7(11(15)16)12-10(14)8-6-9(17-2)13-18-8/h3-4,6-7H,5H2,1-2H3,(H,12,14)(H,15,16)/b4-3+. The number of carbonyl (C=O) groups is 2. The second-order valence-electron chi connectivity index (χ2n) is 3.40. The second-order valence-corrected chi connectivity index (χ2v) is 3.40. The summed E-state index contributed by atoms with van der Waals surface area (Å²) >= 11 is 0. The average molecular weight is 254 g/mol. The molecule has 0 aliphatic rings. The van der Waals surface area contributed by atoms with Gasteiger partial charge in [0.25, 0.3) is 11.8 Å². The van der Waals surface area contributed by atoms with E-state index in [2.05, 4.69) is 10.5 Å². The molecule has 0 radical (unpaired) electrons. The summed E-state index contributed by atoms with van der Waals surface area (Å²) < 4.78 is 9.45. The predicted octanol–water partition coefficient (Wildman–Crippen LogP) is 0.832. The molecule has 18 heavy (non-hydrogen) atoms. The molecular weight excluding hydrogens is 240 g/mol. The Morgan fingerprint density at radius 1 is 1.67 bits per heavy atom. The topological polar surface area (TPSA) is 102 Å². The van der Waals surface area contributed by atoms with Gasteiger partial charge in [-0.25, -0.2) is 4.79 Å². The molecule has 0 spiro atoms. The monoisotopic (exact) mass is 254 g/mol. The number of carboxylic acids is 1. The van der Waals surface area contributed by atoms with Gasteiger partial charge in [-0.3, -0.25) is 4.79 Å². The number of allylic oxidation sites excluding steroid dienone is 1. The van der Waals surface area contributed by atoms with Gasteiger partial charge in [-0.15, -0.1) is 0 Å². The molecule has 0 bridgehead atoms. The third-order valence-electron chi connectivity index (χ3n) is 2.13. The first kappa shape index (κ1) is 13.8. The van der Waals surface area contributed by atoms with Crippen LogP contribution in [0.3, 0.4) is 0 Å². The first-order valence-corrected chi connectivity index (χ1v) is 5.24. The van der Waals surface area contributed by atoms with Crippen molar-refractivity contribution in [2.45, 2.75) is 19.4 Å². The SMILES string of the molecule is C/C=C/CC(NC(=O)c1cc(OC)no1)C(=O)O. The van der Waals surface area contributed by atoms with Gasteiger partial charge in [0.2, 0.25) is 5.76 Å². The van der Waals surface area contributed by atoms with E-state index in [9.17, 15) is 9.59 Å². The number of hydrogen-bond acceptors (Lipinski definition) is 5. The van der Waals surface area contributed by atoms with Crippen molar-refractivity contribution in [1.29, 1.82) is 0 Å². The molecule has 0 aliphatic carbocycles. The Morgan fingerprint density at radius 3 is 2.89 bits per heavy atom. The number of nitrogens with zero attached hydrogens (tertiary/aromatic N) is 1. The summed E-state index contributed by atoms with van der Waals surface area (Å²) in [5.41, 5.74) is 0. The van der Waals surface area contributed by atoms with Crippen LogP contribution in [0.15, 0.2) is 22.7 Å². The van der Waals surface area contributed by atoms with Crippen molar-refractivity contribution < 1.29 is 24.0 Å². The third-order valence-corrected chi connectivity index (χ3v) is 2.13. The summed E-state index contributed by atoms with van der Waals surface area (Å²) in [6.07, 6.45) is 3.56. The number of ether oxygens (including phenoxy) is 1. The number of rotatable bonds is 6. The van der Waals surface area contributed by atoms with E-state index in [0.29, 0.717) is 0 Å². The van der Waals surface area contributed by atoms with Crippen LogP contribution in [-0.2, 0) is 4.79 Å². The average Bonchev–Trinajstić information content (AvgIpc) is 2.82. The van der Waals surface area contributed by atoms with Crippen LogP contribution >= 0.6 is 0 Å². The van der Waals surface area contributed by atoms with Crippen molar-refractivity contribution in [3.8, 4) is 5.88 Å². The molecule has 7 heteroatoms. The minimum absolute atomic E-state index is 0.0985. The number of carboxylic acid groups (broad SMARTS) is 1. The van der Waals surface area contributed by atoms with Crippen LogP contribution in [0.2, 0.25) is 0 Å². The number of aliphatic carboxylic acids is 1. The number of hydrogen-bond donors (Lipinski definition) is 2. The highest BCUT2D eigenvalue weighted by Crippen LogP contribution is 2.10. The van der Waals surface area contributed by atoms with Gasteiger partial charge in [0.15, 0.2) is 0 Å². The van der Waals surface area contributed by atoms with Gasteiger partial charge in [0, 0.05) is 0 Å². The molecule has 2 N–H and O–H groups in total. The molecule has 1 unspecified atom stereocenters. The number of amides is 1. The van der Waals surface area contributed by atoms with Crippen LogP contribution in [0, 0.1) is 0 Å². The smallest absolute Gasteiger partial charge is 0.326 e. The molecule has 0 aliphatic heterocycles. The molecule has 1 amide bonds. The van der Waals surface area contributed by atoms with Crippen molar-refractivity contribution in [2.75, 3.05) is 7.11 Å². The van der Waals surface area contributed by atoms with Gasteiger partial charge in [-0.1, -0.05) is 12.2 Å². The highest BCUT2D eigenvalue weighted by molar-refractivity contribution is 5.94. The predicted molar refractivity (Wildman–Crippen MR) is 61.4 cm³/mol. The molecule has 1 aromatic rings. The first-order valence-electron chi connectivity index (χ1n) is 5.24. The zero-order chi connectivity index (χ0) is 13.5. The lowest BCUT2D eigenvalue weighted by Crippen LogP contribution is -2.40. The molecule has 1 atom stereocenters. The molecule has 0 saturated heterocycles. The summed E-state index contributed by atoms with van der Waals surface area (Å²) in [5.74, 6) is -1.71. The summed E-state index contributed by atoms with van der Waals surface area (Å²) in [5, 5.41) is 14.7. The number of methoxy groups -OCH3 is 1. The van der Waals surface area contributed by atoms with Crippen LogP contribution in [0.1, 0.15) is 23.9 Å². The first-order chi connectivity index (χ1) is 8.58. The van der Waals surface area contributed by atoms with Gasteiger partial charge in [0.1, 0.15) is 6.04 Å². The van der Waals surface area contributed by atoms with E-state index in [1.165, 1.54) is 13.2 Å². The highest BCUT2D eigenvalue weighted by Gasteiger charge is 2.22. The Hall–Kier alpha value is -2.31. The maximum atomic E-state index is 11.7. The highest BCUT2D eigenvalue weighted by atomic mass is 16.5. The number of carbonyl (C=O) groups excluding carboxylic acids is 1. The zero-order valence-electron chi connectivity index (χ0n) is 10.0. The zero-order valence-corrected chi connectivity index (χ0v) is 10.0. The minimum atomic E-state index is -1.12. The van der Waals surface area contributed by atoms with Crippen molar-refractivity contribution in [3.63, 3.8) is 0 Å². The second kappa shape index (κ2) is 6.43. The fraction of sp³-hybridized carbons (Fsp3) is 0.364. The quantitative estimate of drug-likeness (QED) is 0.729. The molecule has 7 nitrogen and oxygen atoms in total. The lowest BCUT2D eigenvalue weighted by atomic mass is 10.2. The summed E-state index contributed by atoms with van der Waals surface area (Å²) in [6.45, 7) is 1.77. The molecule has 1 rings (SSSR count). The Kier molecular flexibility index (Phi) is 4.91. The lowest BCUT2D eigenvalue weighted by Gasteiger charge is -2.10. The third kappa shape index (κ3) is 3.62. The van der Waals surface area contributed by atoms with Crippen LogP contribution in [0.5, 0.6) is 5.88 Å². The minimum Gasteiger partial charge on any atom is -0.480 e. The molecular formula is C11H14N2O5. The molecule has 0 aromatic carbocycles. The maximum Gasteiger partial charge on any atom is 0.326 e. The number of nitrogens with one attached hydrogen (secondary N) is 1.